The Bertz CT molecular complexity index is 1010. The van der Waals surface area contributed by atoms with E-state index in [2.05, 4.69) is 20.4 Å². The Kier molecular flexibility index (Phi) is 4.39. The minimum Gasteiger partial charge on any atom is -0.493 e. The van der Waals surface area contributed by atoms with E-state index < -0.39 is 0 Å². The molecule has 1 atom stereocenters. The third-order valence-electron chi connectivity index (χ3n) is 4.62. The highest BCUT2D eigenvalue weighted by molar-refractivity contribution is 5.90. The fraction of sp³-hybridized carbons (Fsp3) is 0.368. The number of amides is 1. The summed E-state index contributed by atoms with van der Waals surface area (Å²) in [6.07, 6.45) is 0.811. The van der Waals surface area contributed by atoms with Gasteiger partial charge < -0.3 is 14.8 Å². The largest absolute Gasteiger partial charge is 0.493 e. The molecule has 27 heavy (non-hydrogen) atoms. The average Bonchev–Trinajstić information content (AvgIpc) is 3.09. The second-order valence-corrected chi connectivity index (χ2v) is 6.73. The van der Waals surface area contributed by atoms with Gasteiger partial charge in [0.1, 0.15) is 0 Å². The molecule has 0 fully saturated rings. The van der Waals surface area contributed by atoms with Gasteiger partial charge in [-0.15, -0.1) is 5.10 Å². The van der Waals surface area contributed by atoms with E-state index >= 15 is 0 Å². The summed E-state index contributed by atoms with van der Waals surface area (Å²) in [5.74, 6) is 1.94. The number of nitrogens with zero attached hydrogens (tertiary/aromatic N) is 4. The fourth-order valence-electron chi connectivity index (χ4n) is 3.33. The highest BCUT2D eigenvalue weighted by atomic mass is 16.5. The number of aromatic nitrogens is 4. The normalized spacial score (nSPS) is 15.9. The molecule has 3 heterocycles. The molecule has 1 amide bonds. The van der Waals surface area contributed by atoms with Crippen molar-refractivity contribution in [2.75, 3.05) is 20.3 Å². The number of carbonyl (C=O) groups excluding carboxylic acids is 1. The van der Waals surface area contributed by atoms with Crippen LogP contribution in [0.15, 0.2) is 24.3 Å². The van der Waals surface area contributed by atoms with E-state index in [1.807, 2.05) is 38.1 Å². The number of nitrogens with one attached hydrogen (secondary N) is 1. The van der Waals surface area contributed by atoms with Gasteiger partial charge in [-0.05, 0) is 38.0 Å². The van der Waals surface area contributed by atoms with Crippen LogP contribution in [0.25, 0.3) is 5.78 Å². The van der Waals surface area contributed by atoms with Crippen molar-refractivity contribution in [3.63, 3.8) is 0 Å². The summed E-state index contributed by atoms with van der Waals surface area (Å²) in [5.41, 5.74) is 2.81. The number of benzene rings is 1. The molecule has 0 saturated heterocycles. The second-order valence-electron chi connectivity index (χ2n) is 6.73. The zero-order valence-electron chi connectivity index (χ0n) is 15.5. The number of aryl methyl sites for hydroxylation is 2. The molecular formula is C19H21N5O3. The Morgan fingerprint density at radius 3 is 3.04 bits per heavy atom. The standard InChI is InChI=1S/C19H21N5O3/c1-11-7-12(2)24-19(21-11)22-17(23-24)18(25)20-9-13-8-14-5-4-6-15(26-3)16(14)27-10-13/h4-7,13H,8-10H2,1-3H3,(H,20,25)/t13-/m0/s1. The highest BCUT2D eigenvalue weighted by Crippen LogP contribution is 2.35. The summed E-state index contributed by atoms with van der Waals surface area (Å²) in [5, 5.41) is 7.17. The summed E-state index contributed by atoms with van der Waals surface area (Å²) < 4.78 is 12.8. The fourth-order valence-corrected chi connectivity index (χ4v) is 3.33. The smallest absolute Gasteiger partial charge is 0.291 e. The molecular weight excluding hydrogens is 346 g/mol. The lowest BCUT2D eigenvalue weighted by Crippen LogP contribution is -2.35. The van der Waals surface area contributed by atoms with Gasteiger partial charge in [-0.3, -0.25) is 4.79 Å². The molecule has 1 N–H and O–H groups in total. The number of hydrogen-bond donors (Lipinski definition) is 1. The molecule has 8 nitrogen and oxygen atoms in total. The summed E-state index contributed by atoms with van der Waals surface area (Å²) in [4.78, 5) is 21.0. The first-order valence-corrected chi connectivity index (χ1v) is 8.83. The topological polar surface area (TPSA) is 90.6 Å². The minimum atomic E-state index is -0.311. The van der Waals surface area contributed by atoms with E-state index in [0.29, 0.717) is 18.9 Å². The van der Waals surface area contributed by atoms with Crippen LogP contribution in [-0.2, 0) is 6.42 Å². The number of fused-ring (bicyclic) bond motifs is 2. The lowest BCUT2D eigenvalue weighted by molar-refractivity contribution is 0.0928. The SMILES string of the molecule is COc1cccc2c1OC[C@H](CNC(=O)c1nc3nc(C)cc(C)n3n1)C2. The maximum absolute atomic E-state index is 12.5. The first-order chi connectivity index (χ1) is 13.0. The quantitative estimate of drug-likeness (QED) is 0.755. The molecule has 2 aromatic heterocycles. The molecule has 1 aliphatic heterocycles. The van der Waals surface area contributed by atoms with Crippen LogP contribution >= 0.6 is 0 Å². The molecule has 1 aliphatic rings. The molecule has 3 aromatic rings. The molecule has 140 valence electrons. The van der Waals surface area contributed by atoms with Crippen LogP contribution in [0.1, 0.15) is 27.6 Å². The molecule has 8 heteroatoms. The van der Waals surface area contributed by atoms with Gasteiger partial charge in [0.15, 0.2) is 11.5 Å². The van der Waals surface area contributed by atoms with Crippen LogP contribution < -0.4 is 14.8 Å². The number of methoxy groups -OCH3 is 1. The van der Waals surface area contributed by atoms with Gasteiger partial charge >= 0.3 is 0 Å². The maximum Gasteiger partial charge on any atom is 0.291 e. The summed E-state index contributed by atoms with van der Waals surface area (Å²) in [6, 6.07) is 7.74. The number of rotatable bonds is 4. The van der Waals surface area contributed by atoms with E-state index in [1.165, 1.54) is 0 Å². The summed E-state index contributed by atoms with van der Waals surface area (Å²) >= 11 is 0. The Morgan fingerprint density at radius 2 is 2.22 bits per heavy atom. The van der Waals surface area contributed by atoms with E-state index in [0.717, 1.165) is 34.9 Å². The predicted molar refractivity (Wildman–Crippen MR) is 98.3 cm³/mol. The number of ether oxygens (including phenoxy) is 2. The predicted octanol–water partition coefficient (Wildman–Crippen LogP) is 1.73. The second kappa shape index (κ2) is 6.86. The number of hydrogen-bond acceptors (Lipinski definition) is 6. The van der Waals surface area contributed by atoms with E-state index in [-0.39, 0.29) is 17.6 Å². The average molecular weight is 367 g/mol. The Morgan fingerprint density at radius 1 is 1.37 bits per heavy atom. The van der Waals surface area contributed by atoms with Crippen molar-refractivity contribution in [2.45, 2.75) is 20.3 Å². The first-order valence-electron chi connectivity index (χ1n) is 8.83. The van der Waals surface area contributed by atoms with Gasteiger partial charge in [-0.2, -0.15) is 4.98 Å². The van der Waals surface area contributed by atoms with Gasteiger partial charge in [0.05, 0.1) is 13.7 Å². The van der Waals surface area contributed by atoms with Gasteiger partial charge in [-0.25, -0.2) is 9.50 Å². The van der Waals surface area contributed by atoms with Crippen molar-refractivity contribution in [2.24, 2.45) is 5.92 Å². The minimum absolute atomic E-state index is 0.120. The molecule has 0 saturated carbocycles. The third-order valence-corrected chi connectivity index (χ3v) is 4.62. The van der Waals surface area contributed by atoms with Crippen LogP contribution in [0.2, 0.25) is 0 Å². The number of para-hydroxylation sites is 1. The molecule has 4 rings (SSSR count). The Labute approximate surface area is 156 Å². The van der Waals surface area contributed by atoms with Crippen molar-refractivity contribution in [1.82, 2.24) is 24.9 Å². The van der Waals surface area contributed by atoms with Crippen molar-refractivity contribution in [1.29, 1.82) is 0 Å². The monoisotopic (exact) mass is 367 g/mol. The van der Waals surface area contributed by atoms with Crippen molar-refractivity contribution < 1.29 is 14.3 Å². The Balaban J connectivity index is 1.43. The zero-order valence-corrected chi connectivity index (χ0v) is 15.5. The first kappa shape index (κ1) is 17.3. The van der Waals surface area contributed by atoms with Gasteiger partial charge in [-0.1, -0.05) is 12.1 Å². The Hall–Kier alpha value is -3.16. The summed E-state index contributed by atoms with van der Waals surface area (Å²) in [7, 11) is 1.63. The van der Waals surface area contributed by atoms with Crippen molar-refractivity contribution in [3.05, 3.63) is 47.0 Å². The molecule has 0 spiro atoms. The molecule has 0 bridgehead atoms. The van der Waals surface area contributed by atoms with Crippen molar-refractivity contribution >= 4 is 11.7 Å². The maximum atomic E-state index is 12.5. The van der Waals surface area contributed by atoms with E-state index in [9.17, 15) is 4.79 Å². The van der Waals surface area contributed by atoms with E-state index in [4.69, 9.17) is 9.47 Å². The van der Waals surface area contributed by atoms with Crippen LogP contribution in [0.5, 0.6) is 11.5 Å². The lowest BCUT2D eigenvalue weighted by Gasteiger charge is -2.26. The van der Waals surface area contributed by atoms with E-state index in [1.54, 1.807) is 11.6 Å². The van der Waals surface area contributed by atoms with Crippen LogP contribution in [0.3, 0.4) is 0 Å². The van der Waals surface area contributed by atoms with Gasteiger partial charge in [0.25, 0.3) is 11.7 Å². The van der Waals surface area contributed by atoms with Crippen LogP contribution in [0.4, 0.5) is 0 Å². The highest BCUT2D eigenvalue weighted by Gasteiger charge is 2.24. The van der Waals surface area contributed by atoms with Crippen LogP contribution in [0, 0.1) is 19.8 Å². The van der Waals surface area contributed by atoms with Gasteiger partial charge in [0, 0.05) is 23.9 Å². The number of carbonyl (C=O) groups is 1. The molecule has 0 aliphatic carbocycles. The molecule has 1 aromatic carbocycles. The third kappa shape index (κ3) is 3.30. The van der Waals surface area contributed by atoms with Crippen LogP contribution in [-0.4, -0.2) is 45.8 Å². The lowest BCUT2D eigenvalue weighted by atomic mass is 9.96. The van der Waals surface area contributed by atoms with Gasteiger partial charge in [0.2, 0.25) is 5.82 Å². The molecule has 0 radical (unpaired) electrons. The summed E-state index contributed by atoms with van der Waals surface area (Å²) in [6.45, 7) is 4.79. The molecule has 0 unspecified atom stereocenters. The van der Waals surface area contributed by atoms with Crippen molar-refractivity contribution in [3.8, 4) is 11.5 Å². The zero-order chi connectivity index (χ0) is 19.0.